The van der Waals surface area contributed by atoms with Gasteiger partial charge in [-0.1, -0.05) is 6.07 Å². The van der Waals surface area contributed by atoms with Crippen molar-refractivity contribution in [2.75, 3.05) is 0 Å². The lowest BCUT2D eigenvalue weighted by Gasteiger charge is -2.06. The van der Waals surface area contributed by atoms with Crippen LogP contribution in [0.4, 0.5) is 0 Å². The summed E-state index contributed by atoms with van der Waals surface area (Å²) in [5.41, 5.74) is 1.28. The molecule has 0 saturated carbocycles. The Bertz CT molecular complexity index is 400. The molecular weight excluding hydrogens is 182 g/mol. The number of esters is 1. The van der Waals surface area contributed by atoms with E-state index >= 15 is 0 Å². The van der Waals surface area contributed by atoms with Crippen molar-refractivity contribution in [3.63, 3.8) is 0 Å². The second kappa shape index (κ2) is 3.21. The van der Waals surface area contributed by atoms with E-state index in [1.807, 2.05) is 6.07 Å². The van der Waals surface area contributed by atoms with Crippen molar-refractivity contribution in [2.24, 2.45) is 0 Å². The van der Waals surface area contributed by atoms with Gasteiger partial charge < -0.3 is 4.74 Å². The molecule has 4 heteroatoms. The Morgan fingerprint density at radius 2 is 2.43 bits per heavy atom. The minimum atomic E-state index is -0.669. The van der Waals surface area contributed by atoms with E-state index in [4.69, 9.17) is 4.74 Å². The van der Waals surface area contributed by atoms with Crippen LogP contribution in [0.3, 0.4) is 0 Å². The largest absolute Gasteiger partial charge is 0.454 e. The molecule has 72 valence electrons. The third kappa shape index (κ3) is 1.39. The number of nitrogens with zero attached hydrogens (tertiary/aromatic N) is 1. The fourth-order valence-electron chi connectivity index (χ4n) is 1.57. The average molecular weight is 191 g/mol. The Kier molecular flexibility index (Phi) is 2.04. The summed E-state index contributed by atoms with van der Waals surface area (Å²) >= 11 is 0. The summed E-state index contributed by atoms with van der Waals surface area (Å²) in [7, 11) is 0. The van der Waals surface area contributed by atoms with Gasteiger partial charge in [0, 0.05) is 19.5 Å². The van der Waals surface area contributed by atoms with Gasteiger partial charge in [0.25, 0.3) is 0 Å². The van der Waals surface area contributed by atoms with Crippen molar-refractivity contribution >= 4 is 11.8 Å². The van der Waals surface area contributed by atoms with Crippen LogP contribution in [-0.4, -0.2) is 22.8 Å². The fourth-order valence-corrected chi connectivity index (χ4v) is 1.57. The van der Waals surface area contributed by atoms with Crippen molar-refractivity contribution in [1.29, 1.82) is 0 Å². The van der Waals surface area contributed by atoms with Gasteiger partial charge in [-0.3, -0.25) is 14.6 Å². The molecule has 1 aromatic rings. The second-order valence-corrected chi connectivity index (χ2v) is 3.18. The minimum absolute atomic E-state index is 0.198. The Labute approximate surface area is 80.9 Å². The molecule has 1 unspecified atom stereocenters. The summed E-state index contributed by atoms with van der Waals surface area (Å²) in [6.07, 6.45) is 1.34. The number of pyridine rings is 1. The molecule has 1 heterocycles. The number of hydrogen-bond acceptors (Lipinski definition) is 4. The highest BCUT2D eigenvalue weighted by Crippen LogP contribution is 2.21. The molecule has 0 fully saturated rings. The van der Waals surface area contributed by atoms with Gasteiger partial charge in [0.05, 0.1) is 0 Å². The number of aromatic nitrogens is 1. The normalized spacial score (nSPS) is 19.2. The van der Waals surface area contributed by atoms with E-state index in [0.717, 1.165) is 5.56 Å². The Morgan fingerprint density at radius 1 is 1.64 bits per heavy atom. The predicted molar refractivity (Wildman–Crippen MR) is 47.8 cm³/mol. The predicted octanol–water partition coefficient (Wildman–Crippen LogP) is 0.752. The third-order valence-electron chi connectivity index (χ3n) is 2.13. The zero-order valence-corrected chi connectivity index (χ0v) is 7.69. The smallest absolute Gasteiger partial charge is 0.303 e. The summed E-state index contributed by atoms with van der Waals surface area (Å²) in [5, 5.41) is 0. The molecule has 1 aliphatic carbocycles. The summed E-state index contributed by atoms with van der Waals surface area (Å²) < 4.78 is 4.88. The molecule has 4 nitrogen and oxygen atoms in total. The number of rotatable bonds is 1. The molecule has 0 aromatic carbocycles. The highest BCUT2D eigenvalue weighted by Gasteiger charge is 2.33. The van der Waals surface area contributed by atoms with Crippen molar-refractivity contribution in [2.45, 2.75) is 19.4 Å². The number of carbonyl (C=O) groups is 2. The quantitative estimate of drug-likeness (QED) is 0.615. The number of ether oxygens (including phenoxy) is 1. The van der Waals surface area contributed by atoms with Crippen LogP contribution in [0.2, 0.25) is 0 Å². The molecule has 0 amide bonds. The summed E-state index contributed by atoms with van der Waals surface area (Å²) in [4.78, 5) is 26.3. The van der Waals surface area contributed by atoms with Crippen LogP contribution in [0.25, 0.3) is 0 Å². The summed E-state index contributed by atoms with van der Waals surface area (Å²) in [6.45, 7) is 1.30. The van der Waals surface area contributed by atoms with Gasteiger partial charge in [-0.15, -0.1) is 0 Å². The van der Waals surface area contributed by atoms with E-state index < -0.39 is 12.1 Å². The summed E-state index contributed by atoms with van der Waals surface area (Å²) in [6, 6.07) is 3.59. The van der Waals surface area contributed by atoms with Crippen LogP contribution in [0.15, 0.2) is 18.3 Å². The number of Topliss-reactive ketones (excluding diaryl/α,β-unsaturated/α-hetero) is 1. The van der Waals surface area contributed by atoms with Gasteiger partial charge in [0.1, 0.15) is 5.69 Å². The highest BCUT2D eigenvalue weighted by atomic mass is 16.5. The van der Waals surface area contributed by atoms with Crippen LogP contribution in [0.5, 0.6) is 0 Å². The molecule has 0 spiro atoms. The Balaban J connectivity index is 2.26. The molecule has 0 aliphatic heterocycles. The Hall–Kier alpha value is -1.71. The molecular formula is C10H9NO3. The fraction of sp³-hybridized carbons (Fsp3) is 0.300. The van der Waals surface area contributed by atoms with E-state index in [1.54, 1.807) is 12.3 Å². The van der Waals surface area contributed by atoms with Crippen LogP contribution in [0.1, 0.15) is 23.0 Å². The van der Waals surface area contributed by atoms with Gasteiger partial charge in [0.2, 0.25) is 5.78 Å². The highest BCUT2D eigenvalue weighted by molar-refractivity contribution is 6.02. The first-order valence-corrected chi connectivity index (χ1v) is 4.34. The number of ketones is 1. The maximum Gasteiger partial charge on any atom is 0.303 e. The van der Waals surface area contributed by atoms with Gasteiger partial charge in [-0.25, -0.2) is 0 Å². The molecule has 0 N–H and O–H groups in total. The van der Waals surface area contributed by atoms with Crippen molar-refractivity contribution in [1.82, 2.24) is 4.98 Å². The van der Waals surface area contributed by atoms with Crippen LogP contribution < -0.4 is 0 Å². The van der Waals surface area contributed by atoms with Gasteiger partial charge >= 0.3 is 5.97 Å². The molecule has 2 rings (SSSR count). The first-order valence-electron chi connectivity index (χ1n) is 4.34. The lowest BCUT2D eigenvalue weighted by atomic mass is 10.2. The molecule has 0 bridgehead atoms. The van der Waals surface area contributed by atoms with Crippen molar-refractivity contribution in [3.05, 3.63) is 29.6 Å². The first-order chi connectivity index (χ1) is 6.68. The molecule has 1 atom stereocenters. The minimum Gasteiger partial charge on any atom is -0.454 e. The van der Waals surface area contributed by atoms with E-state index in [2.05, 4.69) is 4.98 Å². The number of fused-ring (bicyclic) bond motifs is 1. The SMILES string of the molecule is CC(=O)OC1Cc2cccnc2C1=O. The maximum atomic E-state index is 11.6. The summed E-state index contributed by atoms with van der Waals surface area (Å²) in [5.74, 6) is -0.632. The van der Waals surface area contributed by atoms with Crippen LogP contribution >= 0.6 is 0 Å². The van der Waals surface area contributed by atoms with Gasteiger partial charge in [0.15, 0.2) is 6.10 Å². The molecule has 1 aromatic heterocycles. The van der Waals surface area contributed by atoms with E-state index in [0.29, 0.717) is 12.1 Å². The monoisotopic (exact) mass is 191 g/mol. The number of hydrogen-bond donors (Lipinski definition) is 0. The molecule has 1 aliphatic rings. The van der Waals surface area contributed by atoms with E-state index in [1.165, 1.54) is 6.92 Å². The zero-order chi connectivity index (χ0) is 10.1. The van der Waals surface area contributed by atoms with Crippen molar-refractivity contribution < 1.29 is 14.3 Å². The standard InChI is InChI=1S/C10H9NO3/c1-6(12)14-8-5-7-3-2-4-11-9(7)10(8)13/h2-4,8H,5H2,1H3. The number of carbonyl (C=O) groups excluding carboxylic acids is 2. The topological polar surface area (TPSA) is 56.3 Å². The lowest BCUT2D eigenvalue weighted by molar-refractivity contribution is -0.144. The lowest BCUT2D eigenvalue weighted by Crippen LogP contribution is -2.22. The van der Waals surface area contributed by atoms with E-state index in [9.17, 15) is 9.59 Å². The molecule has 0 saturated heterocycles. The Morgan fingerprint density at radius 3 is 3.07 bits per heavy atom. The van der Waals surface area contributed by atoms with Gasteiger partial charge in [-0.05, 0) is 11.6 Å². The third-order valence-corrected chi connectivity index (χ3v) is 2.13. The first kappa shape index (κ1) is 8.87. The van der Waals surface area contributed by atoms with Crippen LogP contribution in [-0.2, 0) is 16.0 Å². The van der Waals surface area contributed by atoms with Crippen LogP contribution in [0, 0.1) is 0 Å². The zero-order valence-electron chi connectivity index (χ0n) is 7.69. The van der Waals surface area contributed by atoms with Gasteiger partial charge in [-0.2, -0.15) is 0 Å². The maximum absolute atomic E-state index is 11.6. The van der Waals surface area contributed by atoms with Crippen molar-refractivity contribution in [3.8, 4) is 0 Å². The van der Waals surface area contributed by atoms with E-state index in [-0.39, 0.29) is 5.78 Å². The molecule has 14 heavy (non-hydrogen) atoms. The molecule has 0 radical (unpaired) electrons. The average Bonchev–Trinajstić information content (AvgIpc) is 2.44. The second-order valence-electron chi connectivity index (χ2n) is 3.18.